The maximum atomic E-state index is 12.3. The van der Waals surface area contributed by atoms with E-state index in [0.717, 1.165) is 40.7 Å². The maximum absolute atomic E-state index is 12.3. The Labute approximate surface area is 175 Å². The Hall–Kier alpha value is -3.60. The van der Waals surface area contributed by atoms with Gasteiger partial charge in [-0.1, -0.05) is 42.5 Å². The topological polar surface area (TPSA) is 56.1 Å². The van der Waals surface area contributed by atoms with Gasteiger partial charge in [-0.25, -0.2) is 4.98 Å². The summed E-state index contributed by atoms with van der Waals surface area (Å²) >= 11 is 0. The van der Waals surface area contributed by atoms with E-state index in [1.807, 2.05) is 66.7 Å². The van der Waals surface area contributed by atoms with Gasteiger partial charge < -0.3 is 14.6 Å². The van der Waals surface area contributed by atoms with E-state index in [9.17, 15) is 4.79 Å². The lowest BCUT2D eigenvalue weighted by atomic mass is 10.1. The highest BCUT2D eigenvalue weighted by Crippen LogP contribution is 2.24. The molecule has 0 saturated heterocycles. The lowest BCUT2D eigenvalue weighted by Crippen LogP contribution is -2.20. The molecule has 0 fully saturated rings. The predicted octanol–water partition coefficient (Wildman–Crippen LogP) is 5.06. The Morgan fingerprint density at radius 3 is 2.67 bits per heavy atom. The molecule has 1 aliphatic rings. The SMILES string of the molecule is O=C(COc1ccc2ccccc2c1)Nc1ccc(-c2cn3c(n2)CCCC3)cc1. The molecular weight excluding hydrogens is 374 g/mol. The number of hydrogen-bond donors (Lipinski definition) is 1. The second-order valence-corrected chi connectivity index (χ2v) is 7.62. The molecule has 0 unspecified atom stereocenters. The van der Waals surface area contributed by atoms with Crippen LogP contribution >= 0.6 is 0 Å². The van der Waals surface area contributed by atoms with Crippen molar-refractivity contribution in [1.82, 2.24) is 9.55 Å². The number of imidazole rings is 1. The van der Waals surface area contributed by atoms with Crippen molar-refractivity contribution < 1.29 is 9.53 Å². The standard InChI is InChI=1S/C25H23N3O2/c29-25(17-30-22-13-10-18-5-1-2-6-20(18)15-22)26-21-11-8-19(9-12-21)23-16-28-14-4-3-7-24(28)27-23/h1-2,5-6,8-13,15-16H,3-4,7,14,17H2,(H,26,29). The number of rotatable bonds is 5. The molecule has 5 rings (SSSR count). The van der Waals surface area contributed by atoms with Crippen molar-refractivity contribution in [1.29, 1.82) is 0 Å². The first kappa shape index (κ1) is 18.4. The second-order valence-electron chi connectivity index (χ2n) is 7.62. The number of carbonyl (C=O) groups excluding carboxylic acids is 1. The summed E-state index contributed by atoms with van der Waals surface area (Å²) in [6.07, 6.45) is 5.60. The van der Waals surface area contributed by atoms with Crippen LogP contribution < -0.4 is 10.1 Å². The van der Waals surface area contributed by atoms with Crippen molar-refractivity contribution in [3.63, 3.8) is 0 Å². The number of anilines is 1. The van der Waals surface area contributed by atoms with Crippen LogP contribution in [0.15, 0.2) is 72.9 Å². The molecule has 0 bridgehead atoms. The van der Waals surface area contributed by atoms with E-state index in [4.69, 9.17) is 9.72 Å². The van der Waals surface area contributed by atoms with Gasteiger partial charge in [-0.3, -0.25) is 4.79 Å². The van der Waals surface area contributed by atoms with E-state index in [-0.39, 0.29) is 12.5 Å². The summed E-state index contributed by atoms with van der Waals surface area (Å²) in [6, 6.07) is 21.7. The molecule has 3 aromatic carbocycles. The number of amides is 1. The minimum absolute atomic E-state index is 0.0339. The van der Waals surface area contributed by atoms with Crippen molar-refractivity contribution in [3.05, 3.63) is 78.8 Å². The van der Waals surface area contributed by atoms with Gasteiger partial charge in [0.1, 0.15) is 11.6 Å². The third-order valence-corrected chi connectivity index (χ3v) is 5.46. The zero-order valence-corrected chi connectivity index (χ0v) is 16.7. The number of aromatic nitrogens is 2. The number of nitrogens with one attached hydrogen (secondary N) is 1. The predicted molar refractivity (Wildman–Crippen MR) is 119 cm³/mol. The Bertz CT molecular complexity index is 1170. The molecule has 5 nitrogen and oxygen atoms in total. The normalized spacial score (nSPS) is 13.1. The molecule has 1 aromatic heterocycles. The highest BCUT2D eigenvalue weighted by molar-refractivity contribution is 5.92. The van der Waals surface area contributed by atoms with Gasteiger partial charge in [-0.15, -0.1) is 0 Å². The summed E-state index contributed by atoms with van der Waals surface area (Å²) in [5.41, 5.74) is 2.79. The largest absolute Gasteiger partial charge is 0.484 e. The van der Waals surface area contributed by atoms with Crippen LogP contribution in [-0.4, -0.2) is 22.1 Å². The van der Waals surface area contributed by atoms with Gasteiger partial charge in [0.25, 0.3) is 5.91 Å². The summed E-state index contributed by atoms with van der Waals surface area (Å²) in [4.78, 5) is 17.0. The van der Waals surface area contributed by atoms with E-state index < -0.39 is 0 Å². The lowest BCUT2D eigenvalue weighted by Gasteiger charge is -2.11. The zero-order valence-electron chi connectivity index (χ0n) is 16.7. The molecule has 0 spiro atoms. The quantitative estimate of drug-likeness (QED) is 0.512. The average Bonchev–Trinajstić information content (AvgIpc) is 3.22. The molecule has 0 atom stereocenters. The first-order valence-corrected chi connectivity index (χ1v) is 10.3. The molecule has 1 aliphatic heterocycles. The Balaban J connectivity index is 1.20. The number of benzene rings is 3. The maximum Gasteiger partial charge on any atom is 0.262 e. The molecule has 30 heavy (non-hydrogen) atoms. The van der Waals surface area contributed by atoms with E-state index in [2.05, 4.69) is 16.1 Å². The van der Waals surface area contributed by atoms with E-state index in [1.54, 1.807) is 0 Å². The molecular formula is C25H23N3O2. The van der Waals surface area contributed by atoms with Gasteiger partial charge in [-0.05, 0) is 47.9 Å². The van der Waals surface area contributed by atoms with Gasteiger partial charge in [0.15, 0.2) is 6.61 Å². The molecule has 0 radical (unpaired) electrons. The van der Waals surface area contributed by atoms with Crippen molar-refractivity contribution in [2.24, 2.45) is 0 Å². The molecule has 0 aliphatic carbocycles. The Morgan fingerprint density at radius 1 is 1.00 bits per heavy atom. The van der Waals surface area contributed by atoms with Gasteiger partial charge in [0.05, 0.1) is 5.69 Å². The average molecular weight is 397 g/mol. The summed E-state index contributed by atoms with van der Waals surface area (Å²) in [5.74, 6) is 1.66. The van der Waals surface area contributed by atoms with Gasteiger partial charge >= 0.3 is 0 Å². The summed E-state index contributed by atoms with van der Waals surface area (Å²) in [6.45, 7) is 1.02. The summed E-state index contributed by atoms with van der Waals surface area (Å²) in [7, 11) is 0. The van der Waals surface area contributed by atoms with Crippen LogP contribution in [0, 0.1) is 0 Å². The van der Waals surface area contributed by atoms with Gasteiger partial charge in [0.2, 0.25) is 0 Å². The Kier molecular flexibility index (Phi) is 4.93. The van der Waals surface area contributed by atoms with Crippen LogP contribution in [0.5, 0.6) is 5.75 Å². The number of nitrogens with zero attached hydrogens (tertiary/aromatic N) is 2. The fraction of sp³-hybridized carbons (Fsp3) is 0.200. The van der Waals surface area contributed by atoms with E-state index >= 15 is 0 Å². The van der Waals surface area contributed by atoms with Crippen LogP contribution in [0.3, 0.4) is 0 Å². The highest BCUT2D eigenvalue weighted by atomic mass is 16.5. The molecule has 150 valence electrons. The molecule has 1 N–H and O–H groups in total. The molecule has 5 heteroatoms. The van der Waals surface area contributed by atoms with Crippen LogP contribution in [0.1, 0.15) is 18.7 Å². The zero-order chi connectivity index (χ0) is 20.3. The third-order valence-electron chi connectivity index (χ3n) is 5.46. The van der Waals surface area contributed by atoms with Gasteiger partial charge in [-0.2, -0.15) is 0 Å². The van der Waals surface area contributed by atoms with Crippen LogP contribution in [0.25, 0.3) is 22.0 Å². The van der Waals surface area contributed by atoms with Crippen molar-refractivity contribution in [3.8, 4) is 17.0 Å². The minimum Gasteiger partial charge on any atom is -0.484 e. The minimum atomic E-state index is -0.187. The number of ether oxygens (including phenoxy) is 1. The van der Waals surface area contributed by atoms with Crippen LogP contribution in [0.4, 0.5) is 5.69 Å². The van der Waals surface area contributed by atoms with Crippen molar-refractivity contribution in [2.75, 3.05) is 11.9 Å². The molecule has 0 saturated carbocycles. The van der Waals surface area contributed by atoms with E-state index in [0.29, 0.717) is 5.75 Å². The summed E-state index contributed by atoms with van der Waals surface area (Å²) < 4.78 is 7.91. The smallest absolute Gasteiger partial charge is 0.262 e. The number of aryl methyl sites for hydroxylation is 2. The molecule has 4 aromatic rings. The van der Waals surface area contributed by atoms with Crippen LogP contribution in [0.2, 0.25) is 0 Å². The fourth-order valence-corrected chi connectivity index (χ4v) is 3.88. The second kappa shape index (κ2) is 8.03. The first-order valence-electron chi connectivity index (χ1n) is 10.3. The van der Waals surface area contributed by atoms with Crippen molar-refractivity contribution in [2.45, 2.75) is 25.8 Å². The summed E-state index contributed by atoms with van der Waals surface area (Å²) in [5, 5.41) is 5.12. The fourth-order valence-electron chi connectivity index (χ4n) is 3.88. The molecule has 1 amide bonds. The third kappa shape index (κ3) is 3.92. The first-order chi connectivity index (χ1) is 14.7. The van der Waals surface area contributed by atoms with Crippen molar-refractivity contribution >= 4 is 22.4 Å². The monoisotopic (exact) mass is 397 g/mol. The number of fused-ring (bicyclic) bond motifs is 2. The van der Waals surface area contributed by atoms with E-state index in [1.165, 1.54) is 18.7 Å². The van der Waals surface area contributed by atoms with Crippen LogP contribution in [-0.2, 0) is 17.8 Å². The van der Waals surface area contributed by atoms with Gasteiger partial charge in [0, 0.05) is 30.4 Å². The Morgan fingerprint density at radius 2 is 1.83 bits per heavy atom. The number of carbonyl (C=O) groups is 1. The lowest BCUT2D eigenvalue weighted by molar-refractivity contribution is -0.118. The highest BCUT2D eigenvalue weighted by Gasteiger charge is 2.13. The number of hydrogen-bond acceptors (Lipinski definition) is 3. The molecule has 2 heterocycles.